The lowest BCUT2D eigenvalue weighted by atomic mass is 10.0. The highest BCUT2D eigenvalue weighted by atomic mass is 16.2. The molecule has 5 heteroatoms. The van der Waals surface area contributed by atoms with E-state index in [1.54, 1.807) is 0 Å². The number of nitrogens with zero attached hydrogens (tertiary/aromatic N) is 4. The molecular weight excluding hydrogens is 432 g/mol. The SMILES string of the molecule is CCCCCCCCCCCCCCCC1=NN(c2ccccc2)C(=O)[C@H]1N=Nc1ccccc1. The number of para-hydroxylation sites is 1. The Morgan fingerprint density at radius 2 is 1.23 bits per heavy atom. The summed E-state index contributed by atoms with van der Waals surface area (Å²) in [7, 11) is 0. The van der Waals surface area contributed by atoms with Crippen molar-refractivity contribution in [3.8, 4) is 0 Å². The zero-order valence-corrected chi connectivity index (χ0v) is 21.4. The van der Waals surface area contributed by atoms with Crippen molar-refractivity contribution in [1.29, 1.82) is 0 Å². The van der Waals surface area contributed by atoms with Crippen molar-refractivity contribution in [2.45, 2.75) is 103 Å². The maximum Gasteiger partial charge on any atom is 0.280 e. The van der Waals surface area contributed by atoms with E-state index in [-0.39, 0.29) is 5.91 Å². The van der Waals surface area contributed by atoms with Gasteiger partial charge in [0.15, 0.2) is 6.04 Å². The van der Waals surface area contributed by atoms with Crippen LogP contribution in [0.5, 0.6) is 0 Å². The molecule has 1 atom stereocenters. The Labute approximate surface area is 211 Å². The first-order valence-electron chi connectivity index (χ1n) is 13.7. The molecule has 3 rings (SSSR count). The van der Waals surface area contributed by atoms with Crippen LogP contribution in [0, 0.1) is 0 Å². The van der Waals surface area contributed by atoms with Crippen LogP contribution >= 0.6 is 0 Å². The summed E-state index contributed by atoms with van der Waals surface area (Å²) in [6.45, 7) is 2.27. The number of azo groups is 1. The van der Waals surface area contributed by atoms with Crippen LogP contribution in [0.15, 0.2) is 76.0 Å². The van der Waals surface area contributed by atoms with E-state index in [1.807, 2.05) is 60.7 Å². The highest BCUT2D eigenvalue weighted by molar-refractivity contribution is 6.18. The van der Waals surface area contributed by atoms with Crippen molar-refractivity contribution >= 4 is 23.0 Å². The molecule has 1 aliphatic rings. The number of rotatable bonds is 17. The molecule has 188 valence electrons. The second kappa shape index (κ2) is 16.0. The zero-order chi connectivity index (χ0) is 24.6. The summed E-state index contributed by atoms with van der Waals surface area (Å²) >= 11 is 0. The van der Waals surface area contributed by atoms with Gasteiger partial charge in [-0.15, -0.1) is 0 Å². The zero-order valence-electron chi connectivity index (χ0n) is 21.4. The van der Waals surface area contributed by atoms with Crippen molar-refractivity contribution in [3.05, 3.63) is 60.7 Å². The lowest BCUT2D eigenvalue weighted by Crippen LogP contribution is -2.30. The summed E-state index contributed by atoms with van der Waals surface area (Å²) in [5.41, 5.74) is 2.35. The number of hydrazone groups is 1. The first kappa shape index (κ1) is 26.8. The van der Waals surface area contributed by atoms with Gasteiger partial charge in [-0.25, -0.2) is 0 Å². The Morgan fingerprint density at radius 1 is 0.714 bits per heavy atom. The van der Waals surface area contributed by atoms with E-state index in [0.717, 1.165) is 36.3 Å². The topological polar surface area (TPSA) is 57.4 Å². The standard InChI is InChI=1S/C30H42N4O/c1-2-3-4-5-6-7-8-9-10-11-12-13-20-25-28-29(32-31-26-21-16-14-17-22-26)30(35)34(33-28)27-23-18-15-19-24-27/h14-19,21-24,29H,2-13,20,25H2,1H3/t29-/m0/s1. The molecule has 0 unspecified atom stereocenters. The fraction of sp³-hybridized carbons (Fsp3) is 0.533. The Hall–Kier alpha value is -2.82. The summed E-state index contributed by atoms with van der Waals surface area (Å²) < 4.78 is 0. The van der Waals surface area contributed by atoms with Crippen molar-refractivity contribution < 1.29 is 4.79 Å². The molecule has 1 aliphatic heterocycles. The summed E-state index contributed by atoms with van der Waals surface area (Å²) in [6, 6.07) is 18.5. The number of hydrogen-bond acceptors (Lipinski definition) is 4. The molecule has 5 nitrogen and oxygen atoms in total. The quantitative estimate of drug-likeness (QED) is 0.167. The van der Waals surface area contributed by atoms with Crippen LogP contribution in [0.2, 0.25) is 0 Å². The van der Waals surface area contributed by atoms with E-state index in [0.29, 0.717) is 0 Å². The number of anilines is 1. The molecule has 0 bridgehead atoms. The van der Waals surface area contributed by atoms with Gasteiger partial charge in [0.1, 0.15) is 0 Å². The van der Waals surface area contributed by atoms with Crippen LogP contribution in [-0.2, 0) is 4.79 Å². The van der Waals surface area contributed by atoms with E-state index < -0.39 is 6.04 Å². The number of amides is 1. The maximum absolute atomic E-state index is 13.1. The van der Waals surface area contributed by atoms with Gasteiger partial charge < -0.3 is 0 Å². The summed E-state index contributed by atoms with van der Waals surface area (Å²) in [5.74, 6) is -0.124. The Balaban J connectivity index is 1.41. The van der Waals surface area contributed by atoms with Gasteiger partial charge in [-0.2, -0.15) is 20.3 Å². The fourth-order valence-corrected chi connectivity index (χ4v) is 4.49. The predicted octanol–water partition coefficient (Wildman–Crippen LogP) is 9.02. The lowest BCUT2D eigenvalue weighted by molar-refractivity contribution is -0.117. The van der Waals surface area contributed by atoms with E-state index >= 15 is 0 Å². The molecule has 0 aromatic heterocycles. The molecule has 0 N–H and O–H groups in total. The van der Waals surface area contributed by atoms with Gasteiger partial charge in [0.05, 0.1) is 17.1 Å². The third-order valence-corrected chi connectivity index (χ3v) is 6.57. The molecule has 0 radical (unpaired) electrons. The van der Waals surface area contributed by atoms with Gasteiger partial charge in [-0.1, -0.05) is 120 Å². The number of hydrogen-bond donors (Lipinski definition) is 0. The second-order valence-corrected chi connectivity index (χ2v) is 9.52. The third kappa shape index (κ3) is 9.39. The first-order valence-corrected chi connectivity index (χ1v) is 13.7. The molecule has 1 amide bonds. The van der Waals surface area contributed by atoms with Crippen LogP contribution in [0.1, 0.15) is 96.8 Å². The number of unbranched alkanes of at least 4 members (excludes halogenated alkanes) is 12. The van der Waals surface area contributed by atoms with Gasteiger partial charge in [0.25, 0.3) is 5.91 Å². The van der Waals surface area contributed by atoms with E-state index in [2.05, 4.69) is 22.3 Å². The van der Waals surface area contributed by atoms with Gasteiger partial charge in [-0.3, -0.25) is 4.79 Å². The highest BCUT2D eigenvalue weighted by Crippen LogP contribution is 2.25. The number of carbonyl (C=O) groups excluding carboxylic acids is 1. The monoisotopic (exact) mass is 474 g/mol. The van der Waals surface area contributed by atoms with Crippen LogP contribution in [0.3, 0.4) is 0 Å². The largest absolute Gasteiger partial charge is 0.280 e. The van der Waals surface area contributed by atoms with Gasteiger partial charge in [0, 0.05) is 0 Å². The van der Waals surface area contributed by atoms with Crippen LogP contribution in [0.25, 0.3) is 0 Å². The molecule has 2 aromatic carbocycles. The molecule has 2 aromatic rings. The summed E-state index contributed by atoms with van der Waals surface area (Å²) in [4.78, 5) is 13.1. The van der Waals surface area contributed by atoms with E-state index in [4.69, 9.17) is 0 Å². The van der Waals surface area contributed by atoms with Crippen LogP contribution in [-0.4, -0.2) is 17.7 Å². The third-order valence-electron chi connectivity index (χ3n) is 6.57. The minimum atomic E-state index is -0.632. The molecular formula is C30H42N4O. The van der Waals surface area contributed by atoms with Crippen molar-refractivity contribution in [2.24, 2.45) is 15.3 Å². The van der Waals surface area contributed by atoms with E-state index in [9.17, 15) is 4.79 Å². The minimum absolute atomic E-state index is 0.124. The highest BCUT2D eigenvalue weighted by Gasteiger charge is 2.36. The normalized spacial score (nSPS) is 15.8. The average Bonchev–Trinajstić information content (AvgIpc) is 3.21. The predicted molar refractivity (Wildman–Crippen MR) is 146 cm³/mol. The molecule has 0 saturated heterocycles. The molecule has 0 spiro atoms. The molecule has 1 heterocycles. The molecule has 0 aliphatic carbocycles. The Bertz CT molecular complexity index is 910. The van der Waals surface area contributed by atoms with Crippen LogP contribution < -0.4 is 5.01 Å². The number of carbonyl (C=O) groups is 1. The maximum atomic E-state index is 13.1. The van der Waals surface area contributed by atoms with Gasteiger partial charge in [0.2, 0.25) is 0 Å². The van der Waals surface area contributed by atoms with Gasteiger partial charge in [-0.05, 0) is 37.1 Å². The molecule has 0 fully saturated rings. The average molecular weight is 475 g/mol. The molecule has 0 saturated carbocycles. The van der Waals surface area contributed by atoms with Crippen LogP contribution in [0.4, 0.5) is 11.4 Å². The first-order chi connectivity index (χ1) is 17.3. The van der Waals surface area contributed by atoms with Gasteiger partial charge >= 0.3 is 0 Å². The summed E-state index contributed by atoms with van der Waals surface area (Å²) in [6.07, 6.45) is 17.9. The Morgan fingerprint density at radius 3 is 1.80 bits per heavy atom. The van der Waals surface area contributed by atoms with Crippen molar-refractivity contribution in [2.75, 3.05) is 5.01 Å². The fourth-order valence-electron chi connectivity index (χ4n) is 4.49. The van der Waals surface area contributed by atoms with E-state index in [1.165, 1.54) is 75.6 Å². The lowest BCUT2D eigenvalue weighted by Gasteiger charge is -2.11. The van der Waals surface area contributed by atoms with Crippen molar-refractivity contribution in [3.63, 3.8) is 0 Å². The smallest absolute Gasteiger partial charge is 0.269 e. The van der Waals surface area contributed by atoms with Crippen molar-refractivity contribution in [1.82, 2.24) is 0 Å². The Kier molecular flexibility index (Phi) is 12.2. The molecule has 35 heavy (non-hydrogen) atoms. The minimum Gasteiger partial charge on any atom is -0.269 e. The number of benzene rings is 2. The summed E-state index contributed by atoms with van der Waals surface area (Å²) in [5, 5.41) is 14.9. The second-order valence-electron chi connectivity index (χ2n) is 9.52.